The van der Waals surface area contributed by atoms with Crippen LogP contribution in [0.15, 0.2) is 35.7 Å². The van der Waals surface area contributed by atoms with Crippen molar-refractivity contribution in [3.05, 3.63) is 47.0 Å². The molecule has 0 radical (unpaired) electrons. The van der Waals surface area contributed by atoms with Gasteiger partial charge in [-0.3, -0.25) is 13.8 Å². The first-order valence-corrected chi connectivity index (χ1v) is 10.7. The molecule has 2 N–H and O–H groups in total. The van der Waals surface area contributed by atoms with Crippen molar-refractivity contribution < 1.29 is 13.8 Å². The first-order valence-electron chi connectivity index (χ1n) is 9.09. The van der Waals surface area contributed by atoms with Crippen LogP contribution in [0.5, 0.6) is 0 Å². The molecule has 0 aliphatic carbocycles. The minimum atomic E-state index is -1.15. The third-order valence-electron chi connectivity index (χ3n) is 5.02. The van der Waals surface area contributed by atoms with E-state index >= 15 is 0 Å². The van der Waals surface area contributed by atoms with Gasteiger partial charge in [0.1, 0.15) is 5.69 Å². The highest BCUT2D eigenvalue weighted by Gasteiger charge is 2.33. The number of hydrogen-bond donors (Lipinski definition) is 2. The molecule has 0 bridgehead atoms. The van der Waals surface area contributed by atoms with Crippen molar-refractivity contribution in [2.24, 2.45) is 5.92 Å². The molecule has 2 heterocycles. The van der Waals surface area contributed by atoms with Crippen LogP contribution in [-0.2, 0) is 22.0 Å². The number of hydrogen-bond acceptors (Lipinski definition) is 3. The summed E-state index contributed by atoms with van der Waals surface area (Å²) in [5.41, 5.74) is 2.69. The minimum Gasteiger partial charge on any atom is -0.351 e. The van der Waals surface area contributed by atoms with E-state index in [2.05, 4.69) is 23.3 Å². The van der Waals surface area contributed by atoms with Crippen LogP contribution in [0.3, 0.4) is 0 Å². The summed E-state index contributed by atoms with van der Waals surface area (Å²) in [4.78, 5) is 29.7. The summed E-state index contributed by atoms with van der Waals surface area (Å²) in [5.74, 6) is -0.189. The summed E-state index contributed by atoms with van der Waals surface area (Å²) in [6.45, 7) is 5.13. The second kappa shape index (κ2) is 8.08. The fourth-order valence-corrected chi connectivity index (χ4v) is 3.80. The Bertz CT molecular complexity index is 918. The summed E-state index contributed by atoms with van der Waals surface area (Å²) >= 11 is 0. The van der Waals surface area contributed by atoms with E-state index < -0.39 is 10.8 Å². The summed E-state index contributed by atoms with van der Waals surface area (Å²) in [6, 6.07) is 7.80. The van der Waals surface area contributed by atoms with Gasteiger partial charge < -0.3 is 15.2 Å². The number of aromatic amines is 1. The Morgan fingerprint density at radius 3 is 2.85 bits per heavy atom. The summed E-state index contributed by atoms with van der Waals surface area (Å²) < 4.78 is 11.1. The number of aryl methyl sites for hydroxylation is 1. The summed E-state index contributed by atoms with van der Waals surface area (Å²) in [5, 5.41) is 5.50. The van der Waals surface area contributed by atoms with E-state index in [4.69, 9.17) is 0 Å². The van der Waals surface area contributed by atoms with Crippen LogP contribution in [0.2, 0.25) is 0 Å². The number of rotatable bonds is 5. The predicted molar refractivity (Wildman–Crippen MR) is 108 cm³/mol. The van der Waals surface area contributed by atoms with Gasteiger partial charge in [-0.2, -0.15) is 0 Å². The van der Waals surface area contributed by atoms with Gasteiger partial charge in [-0.1, -0.05) is 26.0 Å². The van der Waals surface area contributed by atoms with Crippen molar-refractivity contribution in [1.82, 2.24) is 15.2 Å². The van der Waals surface area contributed by atoms with E-state index in [0.29, 0.717) is 18.8 Å². The van der Waals surface area contributed by atoms with Crippen molar-refractivity contribution in [3.8, 4) is 0 Å². The quantitative estimate of drug-likeness (QED) is 0.772. The largest absolute Gasteiger partial charge is 0.351 e. The number of aromatic nitrogens is 1. The second-order valence-corrected chi connectivity index (χ2v) is 8.29. The van der Waals surface area contributed by atoms with Crippen molar-refractivity contribution >= 4 is 33.5 Å². The van der Waals surface area contributed by atoms with Gasteiger partial charge in [0, 0.05) is 52.5 Å². The van der Waals surface area contributed by atoms with Crippen LogP contribution in [-0.4, -0.2) is 51.3 Å². The minimum absolute atomic E-state index is 0.112. The van der Waals surface area contributed by atoms with Gasteiger partial charge in [0.2, 0.25) is 5.91 Å². The molecule has 1 aliphatic rings. The fraction of sp³-hybridized carbons (Fsp3) is 0.400. The lowest BCUT2D eigenvalue weighted by Crippen LogP contribution is -2.40. The maximum absolute atomic E-state index is 12.7. The van der Waals surface area contributed by atoms with Gasteiger partial charge >= 0.3 is 0 Å². The standard InChI is InChI=1S/C20H25N3O3S/c1-4-14-6-5-7-16-15(14)10-17(21-16)20(25)22-18-12-23(11-13(18)2)19(24)8-9-27(3)26/h5-10,13,18,21H,4,11-12H2,1-3H3,(H,22,25)/b9-8+/t13-,18-,27?/m1/s1. The molecular formula is C20H25N3O3S. The normalized spacial score (nSPS) is 21.1. The number of nitrogens with zero attached hydrogens (tertiary/aromatic N) is 1. The zero-order valence-electron chi connectivity index (χ0n) is 15.8. The second-order valence-electron chi connectivity index (χ2n) is 7.02. The molecule has 1 unspecified atom stereocenters. The average molecular weight is 388 g/mol. The maximum atomic E-state index is 12.7. The highest BCUT2D eigenvalue weighted by Crippen LogP contribution is 2.22. The average Bonchev–Trinajstić information content (AvgIpc) is 3.23. The number of carbonyl (C=O) groups is 2. The third kappa shape index (κ3) is 4.30. The molecule has 6 nitrogen and oxygen atoms in total. The number of benzene rings is 1. The van der Waals surface area contributed by atoms with Crippen LogP contribution in [0.4, 0.5) is 0 Å². The number of likely N-dealkylation sites (tertiary alicyclic amines) is 1. The van der Waals surface area contributed by atoms with E-state index in [0.717, 1.165) is 17.3 Å². The molecule has 2 aromatic rings. The molecular weight excluding hydrogens is 362 g/mol. The Balaban J connectivity index is 1.69. The van der Waals surface area contributed by atoms with E-state index in [-0.39, 0.29) is 23.8 Å². The van der Waals surface area contributed by atoms with Gasteiger partial charge in [0.25, 0.3) is 5.91 Å². The van der Waals surface area contributed by atoms with Gasteiger partial charge in [0.15, 0.2) is 0 Å². The molecule has 1 aliphatic heterocycles. The van der Waals surface area contributed by atoms with Crippen molar-refractivity contribution in [2.45, 2.75) is 26.3 Å². The fourth-order valence-electron chi connectivity index (χ4n) is 3.49. The zero-order valence-corrected chi connectivity index (χ0v) is 16.6. The van der Waals surface area contributed by atoms with Crippen LogP contribution in [0.25, 0.3) is 10.9 Å². The molecule has 7 heteroatoms. The van der Waals surface area contributed by atoms with Crippen molar-refractivity contribution in [2.75, 3.05) is 19.3 Å². The Morgan fingerprint density at radius 2 is 2.15 bits per heavy atom. The predicted octanol–water partition coefficient (Wildman–Crippen LogP) is 2.20. The first kappa shape index (κ1) is 19.4. The molecule has 2 amide bonds. The molecule has 1 aromatic carbocycles. The van der Waals surface area contributed by atoms with Crippen LogP contribution >= 0.6 is 0 Å². The first-order chi connectivity index (χ1) is 12.9. The Labute approximate surface area is 161 Å². The van der Waals surface area contributed by atoms with Crippen molar-refractivity contribution in [3.63, 3.8) is 0 Å². The highest BCUT2D eigenvalue weighted by atomic mass is 32.2. The lowest BCUT2D eigenvalue weighted by molar-refractivity contribution is -0.125. The number of carbonyl (C=O) groups excluding carboxylic acids is 2. The molecule has 27 heavy (non-hydrogen) atoms. The SMILES string of the molecule is CCc1cccc2[nH]c(C(=O)N[C@@H]3CN(C(=O)/C=C/S(C)=O)C[C@H]3C)cc12. The number of H-pyrrole nitrogens is 1. The molecule has 1 saturated heterocycles. The van der Waals surface area contributed by atoms with Crippen LogP contribution < -0.4 is 5.32 Å². The number of amides is 2. The number of nitrogens with one attached hydrogen (secondary N) is 2. The molecule has 1 fully saturated rings. The molecule has 1 aromatic heterocycles. The Kier molecular flexibility index (Phi) is 5.79. The number of fused-ring (bicyclic) bond motifs is 1. The van der Waals surface area contributed by atoms with E-state index in [1.54, 1.807) is 4.90 Å². The van der Waals surface area contributed by atoms with Gasteiger partial charge in [0.05, 0.1) is 6.04 Å². The molecule has 0 spiro atoms. The van der Waals surface area contributed by atoms with Gasteiger partial charge in [-0.15, -0.1) is 0 Å². The van der Waals surface area contributed by atoms with Gasteiger partial charge in [-0.25, -0.2) is 0 Å². The van der Waals surface area contributed by atoms with Gasteiger partial charge in [-0.05, 0) is 30.0 Å². The maximum Gasteiger partial charge on any atom is 0.268 e. The lowest BCUT2D eigenvalue weighted by Gasteiger charge is -2.16. The summed E-state index contributed by atoms with van der Waals surface area (Å²) in [7, 11) is -1.15. The molecule has 3 rings (SSSR count). The topological polar surface area (TPSA) is 82.3 Å². The summed E-state index contributed by atoms with van der Waals surface area (Å²) in [6.07, 6.45) is 3.77. The highest BCUT2D eigenvalue weighted by molar-refractivity contribution is 7.87. The lowest BCUT2D eigenvalue weighted by atomic mass is 10.1. The molecule has 0 saturated carbocycles. The van der Waals surface area contributed by atoms with Crippen LogP contribution in [0.1, 0.15) is 29.9 Å². The monoisotopic (exact) mass is 387 g/mol. The third-order valence-corrected chi connectivity index (χ3v) is 5.54. The molecule has 144 valence electrons. The zero-order chi connectivity index (χ0) is 19.6. The van der Waals surface area contributed by atoms with E-state index in [9.17, 15) is 13.8 Å². The smallest absolute Gasteiger partial charge is 0.268 e. The Hall–Kier alpha value is -2.41. The van der Waals surface area contributed by atoms with E-state index in [1.807, 2.05) is 25.1 Å². The molecule has 3 atom stereocenters. The van der Waals surface area contributed by atoms with Crippen LogP contribution in [0, 0.1) is 5.92 Å². The van der Waals surface area contributed by atoms with E-state index in [1.165, 1.54) is 23.3 Å². The van der Waals surface area contributed by atoms with Crippen molar-refractivity contribution in [1.29, 1.82) is 0 Å². The Morgan fingerprint density at radius 1 is 1.37 bits per heavy atom.